The second kappa shape index (κ2) is 5.87. The van der Waals surface area contributed by atoms with Crippen molar-refractivity contribution in [2.45, 2.75) is 5.16 Å². The zero-order valence-corrected chi connectivity index (χ0v) is 13.2. The number of nitrogens with zero attached hydrogens (tertiary/aromatic N) is 2. The van der Waals surface area contributed by atoms with Crippen LogP contribution in [-0.4, -0.2) is 21.3 Å². The lowest BCUT2D eigenvalue weighted by atomic mass is 10.1. The highest BCUT2D eigenvalue weighted by atomic mass is 79.9. The van der Waals surface area contributed by atoms with Crippen LogP contribution >= 0.6 is 39.3 Å². The van der Waals surface area contributed by atoms with Gasteiger partial charge in [-0.2, -0.15) is 5.26 Å². The standard InChI is InChI=1S/C12H7BrClN3O2S/c1-20-12-16-9(7(4-15)11(19)17-12)6-2-5(14)3-8(13)10(6)18/h2-3,18H,1H3,(H,16,17,19). The van der Waals surface area contributed by atoms with Crippen LogP contribution in [0.25, 0.3) is 11.3 Å². The average Bonchev–Trinajstić information content (AvgIpc) is 2.41. The van der Waals surface area contributed by atoms with Crippen LogP contribution in [0.5, 0.6) is 5.75 Å². The van der Waals surface area contributed by atoms with E-state index in [9.17, 15) is 9.90 Å². The summed E-state index contributed by atoms with van der Waals surface area (Å²) in [7, 11) is 0. The molecule has 2 N–H and O–H groups in total. The number of aromatic amines is 1. The van der Waals surface area contributed by atoms with Gasteiger partial charge in [-0.3, -0.25) is 4.79 Å². The number of phenols is 1. The van der Waals surface area contributed by atoms with E-state index < -0.39 is 5.56 Å². The molecule has 0 fully saturated rings. The lowest BCUT2D eigenvalue weighted by Gasteiger charge is -2.09. The molecule has 1 aromatic heterocycles. The Balaban J connectivity index is 2.85. The molecule has 0 atom stereocenters. The SMILES string of the molecule is CSc1nc(-c2cc(Cl)cc(Br)c2O)c(C#N)c(=O)[nH]1. The Morgan fingerprint density at radius 3 is 2.85 bits per heavy atom. The van der Waals surface area contributed by atoms with Gasteiger partial charge in [-0.25, -0.2) is 4.98 Å². The first kappa shape index (κ1) is 14.9. The molecule has 1 heterocycles. The van der Waals surface area contributed by atoms with Gasteiger partial charge in [0, 0.05) is 10.6 Å². The van der Waals surface area contributed by atoms with E-state index in [2.05, 4.69) is 25.9 Å². The second-order valence-electron chi connectivity index (χ2n) is 3.69. The van der Waals surface area contributed by atoms with E-state index in [-0.39, 0.29) is 22.6 Å². The number of thioether (sulfide) groups is 1. The molecule has 8 heteroatoms. The molecule has 1 aromatic carbocycles. The number of aromatic nitrogens is 2. The van der Waals surface area contributed by atoms with Crippen molar-refractivity contribution in [3.8, 4) is 23.1 Å². The number of nitriles is 1. The van der Waals surface area contributed by atoms with Crippen LogP contribution in [-0.2, 0) is 0 Å². The zero-order chi connectivity index (χ0) is 14.9. The summed E-state index contributed by atoms with van der Waals surface area (Å²) < 4.78 is 0.358. The molecule has 0 aliphatic carbocycles. The number of hydrogen-bond donors (Lipinski definition) is 2. The quantitative estimate of drug-likeness (QED) is 0.624. The number of nitrogens with one attached hydrogen (secondary N) is 1. The molecule has 0 aliphatic rings. The van der Waals surface area contributed by atoms with E-state index in [4.69, 9.17) is 16.9 Å². The Kier molecular flexibility index (Phi) is 4.38. The summed E-state index contributed by atoms with van der Waals surface area (Å²) in [5, 5.41) is 19.9. The molecular weight excluding hydrogens is 366 g/mol. The molecule has 20 heavy (non-hydrogen) atoms. The number of H-pyrrole nitrogens is 1. The smallest absolute Gasteiger partial charge is 0.270 e. The number of benzene rings is 1. The molecule has 0 unspecified atom stereocenters. The fraction of sp³-hybridized carbons (Fsp3) is 0.0833. The van der Waals surface area contributed by atoms with E-state index >= 15 is 0 Å². The summed E-state index contributed by atoms with van der Waals surface area (Å²) >= 11 is 10.3. The number of phenolic OH excluding ortho intramolecular Hbond substituents is 1. The van der Waals surface area contributed by atoms with E-state index in [0.717, 1.165) is 0 Å². The number of rotatable bonds is 2. The lowest BCUT2D eigenvalue weighted by Crippen LogP contribution is -2.14. The number of aromatic hydroxyl groups is 1. The maximum atomic E-state index is 11.8. The summed E-state index contributed by atoms with van der Waals surface area (Å²) in [6.45, 7) is 0. The summed E-state index contributed by atoms with van der Waals surface area (Å²) in [4.78, 5) is 18.5. The minimum Gasteiger partial charge on any atom is -0.506 e. The minimum absolute atomic E-state index is 0.0984. The third-order valence-corrected chi connectivity index (χ3v) is 3.89. The average molecular weight is 373 g/mol. The van der Waals surface area contributed by atoms with Crippen molar-refractivity contribution in [3.05, 3.63) is 37.5 Å². The second-order valence-corrected chi connectivity index (χ2v) is 5.78. The lowest BCUT2D eigenvalue weighted by molar-refractivity contribution is 0.473. The molecule has 0 spiro atoms. The number of hydrogen-bond acceptors (Lipinski definition) is 5. The van der Waals surface area contributed by atoms with E-state index in [1.54, 1.807) is 12.3 Å². The summed E-state index contributed by atoms with van der Waals surface area (Å²) in [6.07, 6.45) is 1.74. The molecule has 0 aliphatic heterocycles. The molecule has 0 saturated heterocycles. The van der Waals surface area contributed by atoms with Gasteiger partial charge in [0.2, 0.25) is 0 Å². The van der Waals surface area contributed by atoms with E-state index in [1.807, 2.05) is 0 Å². The first-order valence-electron chi connectivity index (χ1n) is 5.24. The predicted molar refractivity (Wildman–Crippen MR) is 81.2 cm³/mol. The van der Waals surface area contributed by atoms with Gasteiger partial charge in [-0.05, 0) is 34.3 Å². The Morgan fingerprint density at radius 2 is 2.25 bits per heavy atom. The molecule has 0 bridgehead atoms. The molecule has 102 valence electrons. The molecule has 0 amide bonds. The molecule has 0 radical (unpaired) electrons. The Hall–Kier alpha value is -1.49. The fourth-order valence-corrected chi connectivity index (χ4v) is 2.78. The highest BCUT2D eigenvalue weighted by Crippen LogP contribution is 2.38. The van der Waals surface area contributed by atoms with Crippen molar-refractivity contribution in [1.82, 2.24) is 9.97 Å². The van der Waals surface area contributed by atoms with Gasteiger partial charge in [-0.15, -0.1) is 0 Å². The summed E-state index contributed by atoms with van der Waals surface area (Å²) in [6, 6.07) is 4.76. The van der Waals surface area contributed by atoms with Crippen LogP contribution in [0.3, 0.4) is 0 Å². The van der Waals surface area contributed by atoms with Crippen LogP contribution in [0, 0.1) is 11.3 Å². The molecule has 5 nitrogen and oxygen atoms in total. The van der Waals surface area contributed by atoms with Gasteiger partial charge >= 0.3 is 0 Å². The Morgan fingerprint density at radius 1 is 1.55 bits per heavy atom. The van der Waals surface area contributed by atoms with Gasteiger partial charge in [-0.1, -0.05) is 23.4 Å². The maximum Gasteiger partial charge on any atom is 0.270 e. The first-order chi connectivity index (χ1) is 9.47. The van der Waals surface area contributed by atoms with Crippen molar-refractivity contribution in [3.63, 3.8) is 0 Å². The highest BCUT2D eigenvalue weighted by molar-refractivity contribution is 9.10. The third-order valence-electron chi connectivity index (χ3n) is 2.49. The Bertz CT molecular complexity index is 785. The minimum atomic E-state index is -0.558. The number of halogens is 2. The van der Waals surface area contributed by atoms with E-state index in [0.29, 0.717) is 14.7 Å². The largest absolute Gasteiger partial charge is 0.506 e. The van der Waals surface area contributed by atoms with Gasteiger partial charge < -0.3 is 10.1 Å². The van der Waals surface area contributed by atoms with Crippen LogP contribution in [0.15, 0.2) is 26.6 Å². The predicted octanol–water partition coefficient (Wildman–Crippen LogP) is 3.15. The Labute approximate surface area is 131 Å². The van der Waals surface area contributed by atoms with Gasteiger partial charge in [0.25, 0.3) is 5.56 Å². The van der Waals surface area contributed by atoms with Crippen LogP contribution < -0.4 is 5.56 Å². The normalized spacial score (nSPS) is 10.3. The zero-order valence-electron chi connectivity index (χ0n) is 10.1. The highest BCUT2D eigenvalue weighted by Gasteiger charge is 2.18. The van der Waals surface area contributed by atoms with E-state index in [1.165, 1.54) is 23.9 Å². The third kappa shape index (κ3) is 2.68. The van der Waals surface area contributed by atoms with Crippen LogP contribution in [0.2, 0.25) is 5.02 Å². The molecule has 2 rings (SSSR count). The van der Waals surface area contributed by atoms with Crippen molar-refractivity contribution in [2.75, 3.05) is 6.26 Å². The van der Waals surface area contributed by atoms with Crippen molar-refractivity contribution in [1.29, 1.82) is 5.26 Å². The van der Waals surface area contributed by atoms with Crippen LogP contribution in [0.1, 0.15) is 5.56 Å². The summed E-state index contributed by atoms with van der Waals surface area (Å²) in [5.41, 5.74) is -0.409. The van der Waals surface area contributed by atoms with Crippen molar-refractivity contribution in [2.24, 2.45) is 0 Å². The fourth-order valence-electron chi connectivity index (χ4n) is 1.59. The topological polar surface area (TPSA) is 89.8 Å². The van der Waals surface area contributed by atoms with Crippen molar-refractivity contribution < 1.29 is 5.11 Å². The van der Waals surface area contributed by atoms with Crippen LogP contribution in [0.4, 0.5) is 0 Å². The van der Waals surface area contributed by atoms with Gasteiger partial charge in [0.1, 0.15) is 23.1 Å². The molecule has 0 saturated carbocycles. The molecular formula is C12H7BrClN3O2S. The summed E-state index contributed by atoms with van der Waals surface area (Å²) in [5.74, 6) is -0.129. The van der Waals surface area contributed by atoms with Gasteiger partial charge in [0.15, 0.2) is 5.16 Å². The van der Waals surface area contributed by atoms with Crippen molar-refractivity contribution >= 4 is 39.3 Å². The monoisotopic (exact) mass is 371 g/mol. The van der Waals surface area contributed by atoms with Gasteiger partial charge in [0.05, 0.1) is 4.47 Å². The first-order valence-corrected chi connectivity index (χ1v) is 7.64. The molecule has 2 aromatic rings. The maximum absolute atomic E-state index is 11.8.